The van der Waals surface area contributed by atoms with Crippen molar-refractivity contribution in [3.8, 4) is 0 Å². The van der Waals surface area contributed by atoms with E-state index in [0.717, 1.165) is 12.8 Å². The second-order valence-electron chi connectivity index (χ2n) is 4.58. The fourth-order valence-corrected chi connectivity index (χ4v) is 2.82. The highest BCUT2D eigenvalue weighted by Crippen LogP contribution is 2.25. The molecule has 1 aliphatic carbocycles. The van der Waals surface area contributed by atoms with E-state index in [2.05, 4.69) is 15.5 Å². The number of aromatic nitrogens is 2. The molecule has 1 heterocycles. The van der Waals surface area contributed by atoms with Crippen LogP contribution in [0.4, 0.5) is 0 Å². The first-order valence-electron chi connectivity index (χ1n) is 5.75. The average Bonchev–Trinajstić information content (AvgIpc) is 2.57. The van der Waals surface area contributed by atoms with Gasteiger partial charge in [0.05, 0.1) is 5.69 Å². The summed E-state index contributed by atoms with van der Waals surface area (Å²) < 4.78 is 22.8. The lowest BCUT2D eigenvalue weighted by Gasteiger charge is -2.25. The highest BCUT2D eigenvalue weighted by molar-refractivity contribution is 7.89. The number of nitrogens with one attached hydrogen (secondary N) is 2. The Morgan fingerprint density at radius 2 is 2.22 bits per heavy atom. The Labute approximate surface area is 105 Å². The van der Waals surface area contributed by atoms with Gasteiger partial charge in [-0.05, 0) is 25.7 Å². The maximum atomic E-state index is 11.9. The minimum absolute atomic E-state index is 0.158. The molecule has 1 amide bonds. The number of primary sulfonamides is 1. The molecular weight excluding hydrogens is 256 g/mol. The molecule has 0 bridgehead atoms. The van der Waals surface area contributed by atoms with Crippen molar-refractivity contribution in [3.63, 3.8) is 0 Å². The van der Waals surface area contributed by atoms with Gasteiger partial charge in [-0.15, -0.1) is 0 Å². The lowest BCUT2D eigenvalue weighted by Crippen LogP contribution is -2.33. The zero-order chi connectivity index (χ0) is 13.3. The standard InChI is InChI=1S/C10H16N4O3S/c1-6-9(18(11,16)17)8(14-13-6)10(15)12-5-7-3-2-4-7/h7H,2-5H2,1H3,(H,12,15)(H,13,14)(H2,11,16,17). The van der Waals surface area contributed by atoms with E-state index in [1.807, 2.05) is 0 Å². The number of aryl methyl sites for hydroxylation is 1. The molecule has 1 fully saturated rings. The molecule has 7 nitrogen and oxygen atoms in total. The molecule has 0 saturated heterocycles. The minimum atomic E-state index is -3.95. The van der Waals surface area contributed by atoms with Gasteiger partial charge in [0.1, 0.15) is 4.90 Å². The number of sulfonamides is 1. The summed E-state index contributed by atoms with van der Waals surface area (Å²) in [6.45, 7) is 2.06. The van der Waals surface area contributed by atoms with Gasteiger partial charge in [-0.25, -0.2) is 13.6 Å². The van der Waals surface area contributed by atoms with E-state index in [1.165, 1.54) is 13.3 Å². The molecule has 8 heteroatoms. The van der Waals surface area contributed by atoms with Gasteiger partial charge >= 0.3 is 0 Å². The van der Waals surface area contributed by atoms with Crippen LogP contribution in [0.15, 0.2) is 4.90 Å². The minimum Gasteiger partial charge on any atom is -0.350 e. The molecule has 1 aliphatic rings. The molecule has 1 aromatic rings. The van der Waals surface area contributed by atoms with Gasteiger partial charge in [0.25, 0.3) is 5.91 Å². The molecule has 0 spiro atoms. The largest absolute Gasteiger partial charge is 0.350 e. The van der Waals surface area contributed by atoms with E-state index in [9.17, 15) is 13.2 Å². The molecule has 2 rings (SSSR count). The normalized spacial score (nSPS) is 16.3. The van der Waals surface area contributed by atoms with Crippen LogP contribution in [0, 0.1) is 12.8 Å². The molecule has 1 saturated carbocycles. The van der Waals surface area contributed by atoms with Gasteiger partial charge in [0.2, 0.25) is 10.0 Å². The molecule has 0 unspecified atom stereocenters. The zero-order valence-corrected chi connectivity index (χ0v) is 10.9. The third kappa shape index (κ3) is 2.54. The van der Waals surface area contributed by atoms with Crippen LogP contribution in [0.1, 0.15) is 35.4 Å². The molecule has 1 aromatic heterocycles. The summed E-state index contributed by atoms with van der Waals surface area (Å²) in [4.78, 5) is 11.6. The third-order valence-corrected chi connectivity index (χ3v) is 4.24. The molecule has 0 aliphatic heterocycles. The summed E-state index contributed by atoms with van der Waals surface area (Å²) in [6.07, 6.45) is 3.38. The number of hydrogen-bond acceptors (Lipinski definition) is 4. The maximum absolute atomic E-state index is 11.9. The first-order valence-corrected chi connectivity index (χ1v) is 7.30. The van der Waals surface area contributed by atoms with Gasteiger partial charge in [-0.1, -0.05) is 6.42 Å². The van der Waals surface area contributed by atoms with E-state index < -0.39 is 15.9 Å². The van der Waals surface area contributed by atoms with Gasteiger partial charge in [-0.2, -0.15) is 5.10 Å². The van der Waals surface area contributed by atoms with E-state index >= 15 is 0 Å². The number of aromatic amines is 1. The molecule has 4 N–H and O–H groups in total. The number of carbonyl (C=O) groups is 1. The summed E-state index contributed by atoms with van der Waals surface area (Å²) >= 11 is 0. The predicted molar refractivity (Wildman–Crippen MR) is 64.4 cm³/mol. The Hall–Kier alpha value is -1.41. The summed E-state index contributed by atoms with van der Waals surface area (Å²) in [5.74, 6) is -0.0119. The Bertz CT molecular complexity index is 560. The van der Waals surface area contributed by atoms with E-state index in [4.69, 9.17) is 5.14 Å². The smallest absolute Gasteiger partial charge is 0.273 e. The number of nitrogens with zero attached hydrogens (tertiary/aromatic N) is 1. The summed E-state index contributed by atoms with van der Waals surface area (Å²) in [6, 6.07) is 0. The topological polar surface area (TPSA) is 118 Å². The average molecular weight is 272 g/mol. The fraction of sp³-hybridized carbons (Fsp3) is 0.600. The molecule has 0 aromatic carbocycles. The Morgan fingerprint density at radius 1 is 1.56 bits per heavy atom. The van der Waals surface area contributed by atoms with Crippen molar-refractivity contribution in [2.75, 3.05) is 6.54 Å². The van der Waals surface area contributed by atoms with Gasteiger partial charge < -0.3 is 5.32 Å². The number of nitrogens with two attached hydrogens (primary N) is 1. The van der Waals surface area contributed by atoms with Crippen LogP contribution >= 0.6 is 0 Å². The molecule has 100 valence electrons. The summed E-state index contributed by atoms with van der Waals surface area (Å²) in [7, 11) is -3.95. The van der Waals surface area contributed by atoms with E-state index in [-0.39, 0.29) is 16.3 Å². The molecule has 0 atom stereocenters. The predicted octanol–water partition coefficient (Wildman–Crippen LogP) is -0.105. The van der Waals surface area contributed by atoms with Gasteiger partial charge in [0, 0.05) is 6.54 Å². The SMILES string of the molecule is Cc1[nH]nc(C(=O)NCC2CCC2)c1S(N)(=O)=O. The van der Waals surface area contributed by atoms with Crippen LogP contribution in [0.5, 0.6) is 0 Å². The van der Waals surface area contributed by atoms with Crippen molar-refractivity contribution >= 4 is 15.9 Å². The molecule has 0 radical (unpaired) electrons. The van der Waals surface area contributed by atoms with Crippen molar-refractivity contribution in [2.45, 2.75) is 31.1 Å². The quantitative estimate of drug-likeness (QED) is 0.709. The Morgan fingerprint density at radius 3 is 2.72 bits per heavy atom. The summed E-state index contributed by atoms with van der Waals surface area (Å²) in [5.41, 5.74) is 0.112. The van der Waals surface area contributed by atoms with Crippen LogP contribution in [0.2, 0.25) is 0 Å². The second kappa shape index (κ2) is 4.69. The lowest BCUT2D eigenvalue weighted by atomic mass is 9.85. The Balaban J connectivity index is 2.14. The van der Waals surface area contributed by atoms with Crippen LogP contribution in [-0.4, -0.2) is 31.1 Å². The van der Waals surface area contributed by atoms with Gasteiger partial charge in [0.15, 0.2) is 5.69 Å². The van der Waals surface area contributed by atoms with Crippen LogP contribution < -0.4 is 10.5 Å². The molecular formula is C10H16N4O3S. The zero-order valence-electron chi connectivity index (χ0n) is 10.1. The van der Waals surface area contributed by atoms with E-state index in [0.29, 0.717) is 12.5 Å². The van der Waals surface area contributed by atoms with Crippen LogP contribution in [0.3, 0.4) is 0 Å². The van der Waals surface area contributed by atoms with Crippen molar-refractivity contribution in [2.24, 2.45) is 11.1 Å². The number of hydrogen-bond donors (Lipinski definition) is 3. The van der Waals surface area contributed by atoms with Crippen molar-refractivity contribution < 1.29 is 13.2 Å². The van der Waals surface area contributed by atoms with Crippen LogP contribution in [0.25, 0.3) is 0 Å². The van der Waals surface area contributed by atoms with Crippen molar-refractivity contribution in [1.82, 2.24) is 15.5 Å². The van der Waals surface area contributed by atoms with E-state index in [1.54, 1.807) is 0 Å². The second-order valence-corrected chi connectivity index (χ2v) is 6.08. The number of rotatable bonds is 4. The fourth-order valence-electron chi connectivity index (χ4n) is 1.94. The Kier molecular flexibility index (Phi) is 3.40. The summed E-state index contributed by atoms with van der Waals surface area (Å²) in [5, 5.41) is 13.9. The maximum Gasteiger partial charge on any atom is 0.273 e. The number of amides is 1. The van der Waals surface area contributed by atoms with Crippen molar-refractivity contribution in [3.05, 3.63) is 11.4 Å². The number of carbonyl (C=O) groups excluding carboxylic acids is 1. The number of H-pyrrole nitrogens is 1. The monoisotopic (exact) mass is 272 g/mol. The first kappa shape index (κ1) is 13.0. The van der Waals surface area contributed by atoms with Crippen molar-refractivity contribution in [1.29, 1.82) is 0 Å². The highest BCUT2D eigenvalue weighted by atomic mass is 32.2. The lowest BCUT2D eigenvalue weighted by molar-refractivity contribution is 0.0930. The third-order valence-electron chi connectivity index (χ3n) is 3.17. The van der Waals surface area contributed by atoms with Crippen LogP contribution in [-0.2, 0) is 10.0 Å². The molecule has 18 heavy (non-hydrogen) atoms. The highest BCUT2D eigenvalue weighted by Gasteiger charge is 2.26. The van der Waals surface area contributed by atoms with Gasteiger partial charge in [-0.3, -0.25) is 9.89 Å². The first-order chi connectivity index (χ1) is 8.39.